The highest BCUT2D eigenvalue weighted by atomic mass is 35.5. The van der Waals surface area contributed by atoms with Crippen LogP contribution in [0.1, 0.15) is 23.7 Å². The average molecular weight is 324 g/mol. The van der Waals surface area contributed by atoms with E-state index in [0.717, 1.165) is 39.3 Å². The van der Waals surface area contributed by atoms with E-state index in [1.54, 1.807) is 12.1 Å². The van der Waals surface area contributed by atoms with Crippen molar-refractivity contribution in [3.8, 4) is 0 Å². The molecule has 0 fully saturated rings. The van der Waals surface area contributed by atoms with Crippen molar-refractivity contribution in [2.45, 2.75) is 13.3 Å². The lowest BCUT2D eigenvalue weighted by molar-refractivity contribution is 0.0953. The Morgan fingerprint density at radius 3 is 3.18 bits per heavy atom. The van der Waals surface area contributed by atoms with E-state index in [4.69, 9.17) is 16.3 Å². The molecule has 1 aliphatic heterocycles. The second kappa shape index (κ2) is 8.88. The Morgan fingerprint density at radius 2 is 2.41 bits per heavy atom. The molecule has 5 nitrogen and oxygen atoms in total. The third kappa shape index (κ3) is 5.40. The van der Waals surface area contributed by atoms with Gasteiger partial charge in [-0.2, -0.15) is 0 Å². The predicted octanol–water partition coefficient (Wildman–Crippen LogP) is 2.13. The Hall–Kier alpha value is -1.43. The summed E-state index contributed by atoms with van der Waals surface area (Å²) in [7, 11) is 0. The molecule has 120 valence electrons. The molecule has 0 radical (unpaired) electrons. The number of carbonyl (C=O) groups is 1. The number of pyridine rings is 1. The van der Waals surface area contributed by atoms with Crippen molar-refractivity contribution in [1.82, 2.24) is 15.2 Å². The molecule has 1 aromatic rings. The van der Waals surface area contributed by atoms with Crippen LogP contribution in [0.25, 0.3) is 0 Å². The molecule has 0 bridgehead atoms. The lowest BCUT2D eigenvalue weighted by Gasteiger charge is -2.27. The van der Waals surface area contributed by atoms with Gasteiger partial charge in [-0.05, 0) is 31.1 Å². The summed E-state index contributed by atoms with van der Waals surface area (Å²) in [5.41, 5.74) is 1.76. The minimum Gasteiger partial charge on any atom is -0.380 e. The Balaban J connectivity index is 1.78. The Bertz CT molecular complexity index is 534. The molecule has 0 spiro atoms. The standard InChI is InChI=1S/C16H22ClN3O2/c1-2-22-9-8-20-7-3-4-13(12-20)11-19-16(21)14-5-6-18-15(17)10-14/h4-6,10H,2-3,7-9,11-12H2,1H3,(H,19,21). The highest BCUT2D eigenvalue weighted by Crippen LogP contribution is 2.10. The van der Waals surface area contributed by atoms with Crippen LogP contribution in [0.15, 0.2) is 30.0 Å². The number of rotatable bonds is 7. The molecule has 2 rings (SSSR count). The highest BCUT2D eigenvalue weighted by Gasteiger charge is 2.13. The summed E-state index contributed by atoms with van der Waals surface area (Å²) in [6, 6.07) is 3.23. The summed E-state index contributed by atoms with van der Waals surface area (Å²) in [5, 5.41) is 3.26. The lowest BCUT2D eigenvalue weighted by atomic mass is 10.1. The number of halogens is 1. The molecular formula is C16H22ClN3O2. The maximum atomic E-state index is 12.1. The van der Waals surface area contributed by atoms with Gasteiger partial charge in [0.05, 0.1) is 6.61 Å². The first-order valence-corrected chi connectivity index (χ1v) is 7.94. The van der Waals surface area contributed by atoms with Crippen LogP contribution in [-0.4, -0.2) is 55.2 Å². The summed E-state index contributed by atoms with van der Waals surface area (Å²) in [4.78, 5) is 18.3. The van der Waals surface area contributed by atoms with E-state index in [1.807, 2.05) is 6.92 Å². The summed E-state index contributed by atoms with van der Waals surface area (Å²) >= 11 is 5.80. The first-order chi connectivity index (χ1) is 10.7. The first-order valence-electron chi connectivity index (χ1n) is 7.56. The molecule has 0 aromatic carbocycles. The summed E-state index contributed by atoms with van der Waals surface area (Å²) in [5.74, 6) is -0.128. The van der Waals surface area contributed by atoms with Gasteiger partial charge in [0.25, 0.3) is 5.91 Å². The van der Waals surface area contributed by atoms with E-state index in [1.165, 1.54) is 11.8 Å². The van der Waals surface area contributed by atoms with E-state index in [-0.39, 0.29) is 5.91 Å². The van der Waals surface area contributed by atoms with E-state index >= 15 is 0 Å². The van der Waals surface area contributed by atoms with E-state index < -0.39 is 0 Å². The molecule has 0 aliphatic carbocycles. The molecule has 1 N–H and O–H groups in total. The molecule has 0 unspecified atom stereocenters. The van der Waals surface area contributed by atoms with Gasteiger partial charge >= 0.3 is 0 Å². The van der Waals surface area contributed by atoms with Crippen LogP contribution in [-0.2, 0) is 4.74 Å². The van der Waals surface area contributed by atoms with Gasteiger partial charge in [0, 0.05) is 44.5 Å². The number of aromatic nitrogens is 1. The van der Waals surface area contributed by atoms with Crippen LogP contribution < -0.4 is 5.32 Å². The zero-order valence-electron chi connectivity index (χ0n) is 12.8. The minimum absolute atomic E-state index is 0.128. The van der Waals surface area contributed by atoms with Gasteiger partial charge in [-0.15, -0.1) is 0 Å². The average Bonchev–Trinajstić information content (AvgIpc) is 2.53. The summed E-state index contributed by atoms with van der Waals surface area (Å²) in [6.07, 6.45) is 4.75. The zero-order chi connectivity index (χ0) is 15.8. The van der Waals surface area contributed by atoms with Crippen LogP contribution in [0.5, 0.6) is 0 Å². The molecule has 1 aliphatic rings. The molecule has 0 saturated carbocycles. The maximum Gasteiger partial charge on any atom is 0.251 e. The fraction of sp³-hybridized carbons (Fsp3) is 0.500. The molecular weight excluding hydrogens is 302 g/mol. The van der Waals surface area contributed by atoms with Crippen molar-refractivity contribution in [3.05, 3.63) is 40.7 Å². The van der Waals surface area contributed by atoms with Gasteiger partial charge in [0.2, 0.25) is 0 Å². The molecule has 0 saturated heterocycles. The summed E-state index contributed by atoms with van der Waals surface area (Å²) in [6.45, 7) is 6.92. The Labute approximate surface area is 136 Å². The van der Waals surface area contributed by atoms with Gasteiger partial charge in [0.15, 0.2) is 0 Å². The molecule has 22 heavy (non-hydrogen) atoms. The topological polar surface area (TPSA) is 54.5 Å². The van der Waals surface area contributed by atoms with Gasteiger partial charge in [-0.1, -0.05) is 17.7 Å². The second-order valence-corrected chi connectivity index (χ2v) is 5.56. The third-order valence-electron chi connectivity index (χ3n) is 3.53. The quantitative estimate of drug-likeness (QED) is 0.474. The smallest absolute Gasteiger partial charge is 0.251 e. The molecule has 1 amide bonds. The van der Waals surface area contributed by atoms with Crippen LogP contribution in [0, 0.1) is 0 Å². The van der Waals surface area contributed by atoms with Crippen molar-refractivity contribution in [3.63, 3.8) is 0 Å². The normalized spacial score (nSPS) is 15.5. The van der Waals surface area contributed by atoms with Crippen LogP contribution in [0.4, 0.5) is 0 Å². The SMILES string of the molecule is CCOCCN1CCC=C(CNC(=O)c2ccnc(Cl)c2)C1. The number of ether oxygens (including phenoxy) is 1. The summed E-state index contributed by atoms with van der Waals surface area (Å²) < 4.78 is 5.39. The van der Waals surface area contributed by atoms with E-state index in [2.05, 4.69) is 21.3 Å². The number of carbonyl (C=O) groups excluding carboxylic acids is 1. The number of nitrogens with zero attached hydrogens (tertiary/aromatic N) is 2. The van der Waals surface area contributed by atoms with Crippen LogP contribution in [0.2, 0.25) is 5.15 Å². The van der Waals surface area contributed by atoms with Crippen LogP contribution in [0.3, 0.4) is 0 Å². The van der Waals surface area contributed by atoms with Gasteiger partial charge in [-0.25, -0.2) is 4.98 Å². The molecule has 2 heterocycles. The third-order valence-corrected chi connectivity index (χ3v) is 3.73. The maximum absolute atomic E-state index is 12.1. The largest absolute Gasteiger partial charge is 0.380 e. The molecule has 1 aromatic heterocycles. The number of nitrogens with one attached hydrogen (secondary N) is 1. The molecule has 6 heteroatoms. The van der Waals surface area contributed by atoms with Crippen molar-refractivity contribution >= 4 is 17.5 Å². The van der Waals surface area contributed by atoms with Crippen molar-refractivity contribution < 1.29 is 9.53 Å². The monoisotopic (exact) mass is 323 g/mol. The number of hydrogen-bond donors (Lipinski definition) is 1. The predicted molar refractivity (Wildman–Crippen MR) is 87.2 cm³/mol. The van der Waals surface area contributed by atoms with Gasteiger partial charge in [0.1, 0.15) is 5.15 Å². The first kappa shape index (κ1) is 16.9. The van der Waals surface area contributed by atoms with Crippen LogP contribution >= 0.6 is 11.6 Å². The Kier molecular flexibility index (Phi) is 6.83. The fourth-order valence-electron chi connectivity index (χ4n) is 2.38. The van der Waals surface area contributed by atoms with Gasteiger partial charge < -0.3 is 10.1 Å². The molecule has 0 atom stereocenters. The van der Waals surface area contributed by atoms with E-state index in [0.29, 0.717) is 17.3 Å². The minimum atomic E-state index is -0.128. The van der Waals surface area contributed by atoms with E-state index in [9.17, 15) is 4.79 Å². The lowest BCUT2D eigenvalue weighted by Crippen LogP contribution is -2.36. The fourth-order valence-corrected chi connectivity index (χ4v) is 2.55. The number of amides is 1. The van der Waals surface area contributed by atoms with Crippen molar-refractivity contribution in [2.75, 3.05) is 39.4 Å². The van der Waals surface area contributed by atoms with Gasteiger partial charge in [-0.3, -0.25) is 9.69 Å². The second-order valence-electron chi connectivity index (χ2n) is 5.17. The van der Waals surface area contributed by atoms with Crippen molar-refractivity contribution in [1.29, 1.82) is 0 Å². The number of hydrogen-bond acceptors (Lipinski definition) is 4. The van der Waals surface area contributed by atoms with Crippen molar-refractivity contribution in [2.24, 2.45) is 0 Å². The Morgan fingerprint density at radius 1 is 1.55 bits per heavy atom. The highest BCUT2D eigenvalue weighted by molar-refractivity contribution is 6.29. The zero-order valence-corrected chi connectivity index (χ0v) is 13.6.